The van der Waals surface area contributed by atoms with E-state index in [0.717, 1.165) is 64.8 Å². The summed E-state index contributed by atoms with van der Waals surface area (Å²) in [5.41, 5.74) is 0.433. The van der Waals surface area contributed by atoms with Gasteiger partial charge in [0.1, 0.15) is 0 Å². The van der Waals surface area contributed by atoms with Gasteiger partial charge in [-0.2, -0.15) is 0 Å². The molecule has 0 N–H and O–H groups in total. The van der Waals surface area contributed by atoms with Gasteiger partial charge in [0.2, 0.25) is 11.8 Å². The van der Waals surface area contributed by atoms with Crippen molar-refractivity contribution in [2.24, 2.45) is 11.3 Å². The maximum Gasteiger partial charge on any atom is 0.225 e. The lowest BCUT2D eigenvalue weighted by Crippen LogP contribution is -2.59. The Bertz CT molecular complexity index is 503. The highest BCUT2D eigenvalue weighted by molar-refractivity contribution is 5.80. The number of carbonyl (C=O) groups excluding carboxylic acids is 2. The molecular formula is C19H33N3O2. The monoisotopic (exact) mass is 335 g/mol. The summed E-state index contributed by atoms with van der Waals surface area (Å²) >= 11 is 0. The lowest BCUT2D eigenvalue weighted by Gasteiger charge is -2.54. The van der Waals surface area contributed by atoms with Crippen LogP contribution in [0.25, 0.3) is 0 Å². The first-order chi connectivity index (χ1) is 11.3. The Labute approximate surface area is 146 Å². The van der Waals surface area contributed by atoms with Crippen LogP contribution in [-0.4, -0.2) is 71.8 Å². The molecule has 0 aromatic carbocycles. The van der Waals surface area contributed by atoms with Gasteiger partial charge in [-0.15, -0.1) is 0 Å². The second-order valence-corrected chi connectivity index (χ2v) is 8.58. The topological polar surface area (TPSA) is 43.9 Å². The number of amides is 2. The molecule has 3 aliphatic rings. The average molecular weight is 335 g/mol. The van der Waals surface area contributed by atoms with Crippen molar-refractivity contribution in [2.75, 3.05) is 39.8 Å². The summed E-state index contributed by atoms with van der Waals surface area (Å²) in [6, 6.07) is 0. The Morgan fingerprint density at radius 2 is 1.54 bits per heavy atom. The van der Waals surface area contributed by atoms with Gasteiger partial charge in [-0.3, -0.25) is 14.5 Å². The summed E-state index contributed by atoms with van der Waals surface area (Å²) in [6.07, 6.45) is 5.56. The van der Waals surface area contributed by atoms with E-state index in [1.807, 2.05) is 16.8 Å². The largest absolute Gasteiger partial charge is 0.345 e. The zero-order chi connectivity index (χ0) is 17.5. The number of nitrogens with zero attached hydrogens (tertiary/aromatic N) is 3. The lowest BCUT2D eigenvalue weighted by molar-refractivity contribution is -0.147. The Morgan fingerprint density at radius 1 is 1.00 bits per heavy atom. The summed E-state index contributed by atoms with van der Waals surface area (Å²) < 4.78 is 0. The van der Waals surface area contributed by atoms with E-state index >= 15 is 0 Å². The fourth-order valence-corrected chi connectivity index (χ4v) is 5.10. The van der Waals surface area contributed by atoms with Crippen molar-refractivity contribution in [2.45, 2.75) is 58.4 Å². The molecule has 3 aliphatic heterocycles. The molecule has 24 heavy (non-hydrogen) atoms. The van der Waals surface area contributed by atoms with Crippen LogP contribution in [0.2, 0.25) is 0 Å². The molecule has 1 spiro atoms. The first-order valence-electron chi connectivity index (χ1n) is 9.53. The number of rotatable bonds is 1. The van der Waals surface area contributed by atoms with Crippen molar-refractivity contribution in [1.82, 2.24) is 14.7 Å². The van der Waals surface area contributed by atoms with Crippen molar-refractivity contribution in [3.63, 3.8) is 0 Å². The number of carbonyl (C=O) groups is 2. The Hall–Kier alpha value is -1.10. The normalized spacial score (nSPS) is 30.7. The number of hydrogen-bond acceptors (Lipinski definition) is 3. The Balaban J connectivity index is 1.61. The molecule has 5 heteroatoms. The van der Waals surface area contributed by atoms with Gasteiger partial charge in [0.15, 0.2) is 0 Å². The fourth-order valence-electron chi connectivity index (χ4n) is 5.10. The second kappa shape index (κ2) is 6.32. The summed E-state index contributed by atoms with van der Waals surface area (Å²) in [5.74, 6) is 0.690. The third-order valence-corrected chi connectivity index (χ3v) is 7.42. The summed E-state index contributed by atoms with van der Waals surface area (Å²) in [7, 11) is 1.94. The van der Waals surface area contributed by atoms with E-state index in [1.54, 1.807) is 6.92 Å². The third-order valence-electron chi connectivity index (χ3n) is 7.42. The predicted molar refractivity (Wildman–Crippen MR) is 94.6 cm³/mol. The van der Waals surface area contributed by atoms with Crippen LogP contribution in [0.4, 0.5) is 0 Å². The van der Waals surface area contributed by atoms with Crippen molar-refractivity contribution in [1.29, 1.82) is 0 Å². The molecule has 3 heterocycles. The lowest BCUT2D eigenvalue weighted by atomic mass is 9.64. The van der Waals surface area contributed by atoms with Crippen LogP contribution in [-0.2, 0) is 9.59 Å². The second-order valence-electron chi connectivity index (χ2n) is 8.58. The average Bonchev–Trinajstić information content (AvgIpc) is 2.58. The summed E-state index contributed by atoms with van der Waals surface area (Å²) in [5, 5.41) is 0. The molecule has 3 fully saturated rings. The maximum atomic E-state index is 12.4. The zero-order valence-electron chi connectivity index (χ0n) is 15.8. The van der Waals surface area contributed by atoms with Crippen LogP contribution >= 0.6 is 0 Å². The number of hydrogen-bond donors (Lipinski definition) is 0. The van der Waals surface area contributed by atoms with E-state index in [0.29, 0.717) is 5.91 Å². The van der Waals surface area contributed by atoms with Gasteiger partial charge in [-0.05, 0) is 57.5 Å². The van der Waals surface area contributed by atoms with Crippen LogP contribution in [0.1, 0.15) is 52.9 Å². The van der Waals surface area contributed by atoms with Crippen LogP contribution in [0, 0.1) is 11.3 Å². The molecule has 0 radical (unpaired) electrons. The fraction of sp³-hybridized carbons (Fsp3) is 0.895. The smallest absolute Gasteiger partial charge is 0.225 e. The molecular weight excluding hydrogens is 302 g/mol. The molecule has 136 valence electrons. The van der Waals surface area contributed by atoms with Crippen LogP contribution in [0.15, 0.2) is 0 Å². The van der Waals surface area contributed by atoms with E-state index in [-0.39, 0.29) is 22.8 Å². The van der Waals surface area contributed by atoms with Crippen LogP contribution < -0.4 is 0 Å². The number of likely N-dealkylation sites (tertiary alicyclic amines) is 3. The van der Waals surface area contributed by atoms with E-state index < -0.39 is 0 Å². The first kappa shape index (κ1) is 17.7. The molecule has 0 aliphatic carbocycles. The highest BCUT2D eigenvalue weighted by Gasteiger charge is 2.48. The van der Waals surface area contributed by atoms with Gasteiger partial charge >= 0.3 is 0 Å². The SMILES string of the molecule is CC(=O)N1CCC(C)(N2CCC3(CCN(C)C(=O)C3C)CC2)CC1. The molecule has 0 aromatic heterocycles. The summed E-state index contributed by atoms with van der Waals surface area (Å²) in [4.78, 5) is 30.5. The van der Waals surface area contributed by atoms with Crippen LogP contribution in [0.5, 0.6) is 0 Å². The zero-order valence-corrected chi connectivity index (χ0v) is 15.8. The van der Waals surface area contributed by atoms with Crippen LogP contribution in [0.3, 0.4) is 0 Å². The highest BCUT2D eigenvalue weighted by Crippen LogP contribution is 2.47. The molecule has 0 saturated carbocycles. The summed E-state index contributed by atoms with van der Waals surface area (Å²) in [6.45, 7) is 11.0. The molecule has 1 atom stereocenters. The number of piperidine rings is 3. The van der Waals surface area contributed by atoms with E-state index in [2.05, 4.69) is 18.7 Å². The van der Waals surface area contributed by atoms with Gasteiger partial charge in [0, 0.05) is 45.1 Å². The highest BCUT2D eigenvalue weighted by atomic mass is 16.2. The van der Waals surface area contributed by atoms with Gasteiger partial charge < -0.3 is 9.80 Å². The quantitative estimate of drug-likeness (QED) is 0.736. The standard InChI is InChI=1S/C19H33N3O2/c1-15-17(24)20(4)10-7-19(15)8-13-22(14-9-19)18(3)5-11-21(12-6-18)16(2)23/h15H,5-14H2,1-4H3. The van der Waals surface area contributed by atoms with Crippen molar-refractivity contribution in [3.05, 3.63) is 0 Å². The van der Waals surface area contributed by atoms with Crippen molar-refractivity contribution < 1.29 is 9.59 Å². The molecule has 0 bridgehead atoms. The molecule has 5 nitrogen and oxygen atoms in total. The molecule has 3 rings (SSSR count). The van der Waals surface area contributed by atoms with Gasteiger partial charge in [-0.1, -0.05) is 6.92 Å². The maximum absolute atomic E-state index is 12.4. The minimum Gasteiger partial charge on any atom is -0.345 e. The van der Waals surface area contributed by atoms with Gasteiger partial charge in [0.05, 0.1) is 0 Å². The Morgan fingerprint density at radius 3 is 2.08 bits per heavy atom. The van der Waals surface area contributed by atoms with Gasteiger partial charge in [-0.25, -0.2) is 0 Å². The van der Waals surface area contributed by atoms with E-state index in [1.165, 1.54) is 0 Å². The predicted octanol–water partition coefficient (Wildman–Crippen LogP) is 1.97. The first-order valence-corrected chi connectivity index (χ1v) is 9.53. The minimum absolute atomic E-state index is 0.158. The van der Waals surface area contributed by atoms with E-state index in [9.17, 15) is 9.59 Å². The minimum atomic E-state index is 0.158. The Kier molecular flexibility index (Phi) is 4.67. The van der Waals surface area contributed by atoms with Crippen molar-refractivity contribution in [3.8, 4) is 0 Å². The molecule has 1 unspecified atom stereocenters. The van der Waals surface area contributed by atoms with E-state index in [4.69, 9.17) is 0 Å². The third kappa shape index (κ3) is 2.96. The van der Waals surface area contributed by atoms with Gasteiger partial charge in [0.25, 0.3) is 0 Å². The molecule has 2 amide bonds. The molecule has 3 saturated heterocycles. The van der Waals surface area contributed by atoms with Crippen molar-refractivity contribution >= 4 is 11.8 Å². The molecule has 0 aromatic rings.